The second-order valence-electron chi connectivity index (χ2n) is 7.24. The van der Waals surface area contributed by atoms with Crippen molar-refractivity contribution < 1.29 is 30.8 Å². The largest absolute Gasteiger partial charge is 0.497 e. The predicted octanol–water partition coefficient (Wildman–Crippen LogP) is 3.73. The van der Waals surface area contributed by atoms with Crippen molar-refractivity contribution >= 4 is 10.0 Å². The van der Waals surface area contributed by atoms with E-state index in [0.29, 0.717) is 30.0 Å². The topological polar surface area (TPSA) is 98.4 Å². The average molecular weight is 468 g/mol. The van der Waals surface area contributed by atoms with Crippen LogP contribution in [0.4, 0.5) is 13.2 Å². The van der Waals surface area contributed by atoms with Gasteiger partial charge in [0.25, 0.3) is 0 Å². The lowest BCUT2D eigenvalue weighted by atomic mass is 9.98. The Morgan fingerprint density at radius 3 is 2.53 bits per heavy atom. The third-order valence-electron chi connectivity index (χ3n) is 5.24. The van der Waals surface area contributed by atoms with E-state index in [-0.39, 0.29) is 29.7 Å². The Morgan fingerprint density at radius 1 is 1.16 bits per heavy atom. The van der Waals surface area contributed by atoms with Gasteiger partial charge in [-0.1, -0.05) is 11.2 Å². The number of rotatable bonds is 5. The third-order valence-corrected chi connectivity index (χ3v) is 7.13. The first kappa shape index (κ1) is 22.2. The molecule has 4 rings (SSSR count). The number of aromatic nitrogens is 3. The van der Waals surface area contributed by atoms with Crippen LogP contribution >= 0.6 is 0 Å². The minimum Gasteiger partial charge on any atom is -0.497 e. The Balaban J connectivity index is 1.43. The molecule has 0 bridgehead atoms. The second kappa shape index (κ2) is 8.51. The Bertz CT molecular complexity index is 1190. The summed E-state index contributed by atoms with van der Waals surface area (Å²) in [5, 5.41) is 3.83. The summed E-state index contributed by atoms with van der Waals surface area (Å²) in [6, 6.07) is 8.37. The van der Waals surface area contributed by atoms with Crippen molar-refractivity contribution in [3.8, 4) is 17.1 Å². The average Bonchev–Trinajstić information content (AvgIpc) is 3.29. The highest BCUT2D eigenvalue weighted by atomic mass is 32.2. The van der Waals surface area contributed by atoms with E-state index in [9.17, 15) is 21.6 Å². The van der Waals surface area contributed by atoms with Gasteiger partial charge in [-0.05, 0) is 37.1 Å². The van der Waals surface area contributed by atoms with Gasteiger partial charge in [-0.2, -0.15) is 22.5 Å². The first-order valence-corrected chi connectivity index (χ1v) is 11.1. The number of pyridine rings is 1. The lowest BCUT2D eigenvalue weighted by molar-refractivity contribution is -0.141. The van der Waals surface area contributed by atoms with Crippen LogP contribution in [0.2, 0.25) is 0 Å². The molecule has 0 N–H and O–H groups in total. The van der Waals surface area contributed by atoms with Gasteiger partial charge in [0.15, 0.2) is 0 Å². The van der Waals surface area contributed by atoms with Crippen LogP contribution in [0.3, 0.4) is 0 Å². The SMILES string of the molecule is COc1cccc(S(=O)(=O)N2CCC(c3nc(-c4ccc(C(F)(F)F)nc4)no3)CC2)c1. The number of piperidine rings is 1. The normalized spacial score (nSPS) is 16.2. The molecule has 0 aliphatic carbocycles. The fourth-order valence-electron chi connectivity index (χ4n) is 3.47. The number of nitrogens with zero attached hydrogens (tertiary/aromatic N) is 4. The standard InChI is InChI=1S/C20H19F3N4O4S/c1-30-15-3-2-4-16(11-15)32(28,29)27-9-7-13(8-10-27)19-25-18(26-31-19)14-5-6-17(24-12-14)20(21,22)23/h2-6,11-13H,7-10H2,1H3. The molecule has 1 aliphatic heterocycles. The van der Waals surface area contributed by atoms with Gasteiger partial charge < -0.3 is 9.26 Å². The Morgan fingerprint density at radius 2 is 1.91 bits per heavy atom. The first-order chi connectivity index (χ1) is 15.2. The summed E-state index contributed by atoms with van der Waals surface area (Å²) in [4.78, 5) is 7.84. The van der Waals surface area contributed by atoms with E-state index in [0.717, 1.165) is 12.3 Å². The van der Waals surface area contributed by atoms with Crippen molar-refractivity contribution in [3.05, 3.63) is 54.2 Å². The van der Waals surface area contributed by atoms with E-state index >= 15 is 0 Å². The molecule has 1 fully saturated rings. The van der Waals surface area contributed by atoms with Crippen molar-refractivity contribution in [3.63, 3.8) is 0 Å². The molecule has 170 valence electrons. The Hall–Kier alpha value is -2.99. The zero-order chi connectivity index (χ0) is 22.9. The van der Waals surface area contributed by atoms with Gasteiger partial charge in [-0.25, -0.2) is 8.42 Å². The van der Waals surface area contributed by atoms with Crippen LogP contribution in [-0.4, -0.2) is 48.0 Å². The molecule has 1 aromatic carbocycles. The summed E-state index contributed by atoms with van der Waals surface area (Å²) in [5.74, 6) is 0.749. The molecule has 1 aliphatic rings. The number of sulfonamides is 1. The smallest absolute Gasteiger partial charge is 0.433 e. The molecule has 0 atom stereocenters. The second-order valence-corrected chi connectivity index (χ2v) is 9.18. The first-order valence-electron chi connectivity index (χ1n) is 9.70. The molecule has 12 heteroatoms. The molecular formula is C20H19F3N4O4S. The molecule has 0 spiro atoms. The quantitative estimate of drug-likeness (QED) is 0.563. The van der Waals surface area contributed by atoms with Crippen molar-refractivity contribution in [1.82, 2.24) is 19.4 Å². The zero-order valence-corrected chi connectivity index (χ0v) is 17.7. The van der Waals surface area contributed by atoms with Crippen molar-refractivity contribution in [2.24, 2.45) is 0 Å². The number of hydrogen-bond donors (Lipinski definition) is 0. The lowest BCUT2D eigenvalue weighted by Gasteiger charge is -2.29. The molecule has 0 amide bonds. The maximum absolute atomic E-state index is 12.9. The van der Waals surface area contributed by atoms with Crippen LogP contribution in [0.25, 0.3) is 11.4 Å². The predicted molar refractivity (Wildman–Crippen MR) is 106 cm³/mol. The number of alkyl halides is 3. The van der Waals surface area contributed by atoms with Crippen molar-refractivity contribution in [2.45, 2.75) is 29.8 Å². The molecule has 8 nitrogen and oxygen atoms in total. The van der Waals surface area contributed by atoms with E-state index in [2.05, 4.69) is 15.1 Å². The van der Waals surface area contributed by atoms with E-state index in [4.69, 9.17) is 9.26 Å². The summed E-state index contributed by atoms with van der Waals surface area (Å²) in [6.45, 7) is 0.535. The monoisotopic (exact) mass is 468 g/mol. The molecule has 0 radical (unpaired) electrons. The highest BCUT2D eigenvalue weighted by Crippen LogP contribution is 2.32. The summed E-state index contributed by atoms with van der Waals surface area (Å²) in [7, 11) is -2.20. The van der Waals surface area contributed by atoms with Crippen LogP contribution in [0.15, 0.2) is 52.0 Å². The third kappa shape index (κ3) is 4.46. The minimum absolute atomic E-state index is 0.132. The number of methoxy groups -OCH3 is 1. The maximum atomic E-state index is 12.9. The highest BCUT2D eigenvalue weighted by molar-refractivity contribution is 7.89. The van der Waals surface area contributed by atoms with Crippen LogP contribution in [0.5, 0.6) is 5.75 Å². The summed E-state index contributed by atoms with van der Waals surface area (Å²) in [6.07, 6.45) is -2.55. The molecule has 3 heterocycles. The number of ether oxygens (including phenoxy) is 1. The van der Waals surface area contributed by atoms with Crippen molar-refractivity contribution in [2.75, 3.05) is 20.2 Å². The fourth-order valence-corrected chi connectivity index (χ4v) is 4.97. The molecule has 0 saturated carbocycles. The van der Waals surface area contributed by atoms with Crippen LogP contribution in [0, 0.1) is 0 Å². The number of halogens is 3. The Labute approximate surface area is 182 Å². The van der Waals surface area contributed by atoms with Crippen molar-refractivity contribution in [1.29, 1.82) is 0 Å². The molecular weight excluding hydrogens is 449 g/mol. The van der Waals surface area contributed by atoms with E-state index < -0.39 is 21.9 Å². The molecule has 1 saturated heterocycles. The summed E-state index contributed by atoms with van der Waals surface area (Å²) in [5.41, 5.74) is -0.708. The lowest BCUT2D eigenvalue weighted by Crippen LogP contribution is -2.37. The molecule has 2 aromatic heterocycles. The van der Waals surface area contributed by atoms with Crippen LogP contribution < -0.4 is 4.74 Å². The zero-order valence-electron chi connectivity index (χ0n) is 16.9. The van der Waals surface area contributed by atoms with Crippen LogP contribution in [0.1, 0.15) is 30.3 Å². The molecule has 0 unspecified atom stereocenters. The minimum atomic E-state index is -4.53. The van der Waals surface area contributed by atoms with Gasteiger partial charge in [-0.3, -0.25) is 4.98 Å². The van der Waals surface area contributed by atoms with Gasteiger partial charge in [0.2, 0.25) is 21.7 Å². The fraction of sp³-hybridized carbons (Fsp3) is 0.350. The van der Waals surface area contributed by atoms with E-state index in [1.807, 2.05) is 0 Å². The van der Waals surface area contributed by atoms with E-state index in [1.54, 1.807) is 12.1 Å². The number of benzene rings is 1. The Kier molecular flexibility index (Phi) is 5.91. The summed E-state index contributed by atoms with van der Waals surface area (Å²) < 4.78 is 75.6. The van der Waals surface area contributed by atoms with Gasteiger partial charge >= 0.3 is 6.18 Å². The van der Waals surface area contributed by atoms with Gasteiger partial charge in [0.1, 0.15) is 11.4 Å². The van der Waals surface area contributed by atoms with Gasteiger partial charge in [-0.15, -0.1) is 0 Å². The van der Waals surface area contributed by atoms with E-state index in [1.165, 1.54) is 29.6 Å². The molecule has 32 heavy (non-hydrogen) atoms. The maximum Gasteiger partial charge on any atom is 0.433 e. The van der Waals surface area contributed by atoms with Gasteiger partial charge in [0.05, 0.1) is 12.0 Å². The van der Waals surface area contributed by atoms with Crippen LogP contribution in [-0.2, 0) is 16.2 Å². The molecule has 3 aromatic rings. The summed E-state index contributed by atoms with van der Waals surface area (Å²) >= 11 is 0. The highest BCUT2D eigenvalue weighted by Gasteiger charge is 2.33. The van der Waals surface area contributed by atoms with Gasteiger partial charge in [0, 0.05) is 36.8 Å². The number of hydrogen-bond acceptors (Lipinski definition) is 7.